The zero-order valence-electron chi connectivity index (χ0n) is 15.2. The molecule has 0 spiro atoms. The summed E-state index contributed by atoms with van der Waals surface area (Å²) >= 11 is 0. The number of benzene rings is 1. The second-order valence-electron chi connectivity index (χ2n) is 7.55. The van der Waals surface area contributed by atoms with Gasteiger partial charge in [0.15, 0.2) is 0 Å². The summed E-state index contributed by atoms with van der Waals surface area (Å²) in [5.41, 5.74) is -0.0958. The number of amides is 2. The number of ether oxygens (including phenoxy) is 1. The van der Waals surface area contributed by atoms with Gasteiger partial charge in [0.05, 0.1) is 11.4 Å². The number of rotatable bonds is 5. The van der Waals surface area contributed by atoms with Gasteiger partial charge in [0.1, 0.15) is 11.4 Å². The van der Waals surface area contributed by atoms with Crippen molar-refractivity contribution in [2.24, 2.45) is 5.92 Å². The molecule has 6 heteroatoms. The Morgan fingerprint density at radius 3 is 2.48 bits per heavy atom. The number of hydrogen-bond donors (Lipinski definition) is 2. The largest absolute Gasteiger partial charge is 0.444 e. The lowest BCUT2D eigenvalue weighted by Gasteiger charge is -2.20. The summed E-state index contributed by atoms with van der Waals surface area (Å²) in [6.07, 6.45) is 5.42. The Balaban J connectivity index is 1.97. The highest BCUT2D eigenvalue weighted by atomic mass is 19.1. The summed E-state index contributed by atoms with van der Waals surface area (Å²) in [6, 6.07) is 3.83. The molecule has 0 radical (unpaired) electrons. The van der Waals surface area contributed by atoms with Crippen LogP contribution in [0.3, 0.4) is 0 Å². The van der Waals surface area contributed by atoms with Crippen LogP contribution in [0.5, 0.6) is 0 Å². The van der Waals surface area contributed by atoms with Gasteiger partial charge in [0, 0.05) is 6.42 Å². The Bertz CT molecular complexity index is 620. The van der Waals surface area contributed by atoms with Crippen molar-refractivity contribution in [3.63, 3.8) is 0 Å². The molecule has 1 aliphatic rings. The molecule has 1 aliphatic carbocycles. The molecular weight excluding hydrogens is 323 g/mol. The maximum atomic E-state index is 13.5. The van der Waals surface area contributed by atoms with Crippen molar-refractivity contribution in [3.8, 4) is 0 Å². The van der Waals surface area contributed by atoms with E-state index in [2.05, 4.69) is 10.6 Å². The van der Waals surface area contributed by atoms with Crippen LogP contribution in [0.1, 0.15) is 59.3 Å². The first-order valence-electron chi connectivity index (χ1n) is 8.82. The standard InChI is InChI=1S/C19H27FN2O3/c1-19(2,3)25-18(24)22-15-10-9-14(20)12-16(15)21-17(23)11-8-13-6-4-5-7-13/h9-10,12-13H,4-8,11H2,1-3H3,(H,21,23)(H,22,24). The third kappa shape index (κ3) is 6.72. The van der Waals surface area contributed by atoms with Gasteiger partial charge in [-0.3, -0.25) is 10.1 Å². The normalized spacial score (nSPS) is 15.0. The number of nitrogens with one attached hydrogen (secondary N) is 2. The van der Waals surface area contributed by atoms with Crippen molar-refractivity contribution in [2.75, 3.05) is 10.6 Å². The summed E-state index contributed by atoms with van der Waals surface area (Å²) < 4.78 is 18.7. The van der Waals surface area contributed by atoms with E-state index >= 15 is 0 Å². The summed E-state index contributed by atoms with van der Waals surface area (Å²) in [5, 5.41) is 5.25. The van der Waals surface area contributed by atoms with Crippen LogP contribution >= 0.6 is 0 Å². The lowest BCUT2D eigenvalue weighted by atomic mass is 10.0. The fourth-order valence-electron chi connectivity index (χ4n) is 2.99. The van der Waals surface area contributed by atoms with Crippen molar-refractivity contribution < 1.29 is 18.7 Å². The first kappa shape index (κ1) is 19.2. The highest BCUT2D eigenvalue weighted by Gasteiger charge is 2.19. The molecule has 0 heterocycles. The number of halogens is 1. The summed E-state index contributed by atoms with van der Waals surface area (Å²) in [5.74, 6) is -0.0526. The lowest BCUT2D eigenvalue weighted by Crippen LogP contribution is -2.27. The molecule has 0 bridgehead atoms. The Hall–Kier alpha value is -2.11. The predicted molar refractivity (Wildman–Crippen MR) is 96.1 cm³/mol. The van der Waals surface area contributed by atoms with Gasteiger partial charge in [0.25, 0.3) is 0 Å². The molecule has 1 fully saturated rings. The zero-order valence-corrected chi connectivity index (χ0v) is 15.2. The molecule has 1 aromatic carbocycles. The average Bonchev–Trinajstić information content (AvgIpc) is 2.99. The number of anilines is 2. The summed E-state index contributed by atoms with van der Waals surface area (Å²) in [4.78, 5) is 24.1. The minimum Gasteiger partial charge on any atom is -0.444 e. The molecule has 0 atom stereocenters. The second kappa shape index (κ2) is 8.32. The molecule has 138 valence electrons. The van der Waals surface area contributed by atoms with E-state index in [1.807, 2.05) is 0 Å². The van der Waals surface area contributed by atoms with Crippen LogP contribution in [0.2, 0.25) is 0 Å². The van der Waals surface area contributed by atoms with E-state index < -0.39 is 17.5 Å². The van der Waals surface area contributed by atoms with E-state index in [1.54, 1.807) is 20.8 Å². The van der Waals surface area contributed by atoms with E-state index in [0.29, 0.717) is 18.0 Å². The van der Waals surface area contributed by atoms with Crippen molar-refractivity contribution in [1.82, 2.24) is 0 Å². The highest BCUT2D eigenvalue weighted by molar-refractivity contribution is 5.97. The van der Waals surface area contributed by atoms with Gasteiger partial charge in [-0.1, -0.05) is 25.7 Å². The predicted octanol–water partition coefficient (Wildman–Crippen LogP) is 5.08. The molecule has 2 amide bonds. The van der Waals surface area contributed by atoms with E-state index in [9.17, 15) is 14.0 Å². The lowest BCUT2D eigenvalue weighted by molar-refractivity contribution is -0.116. The molecule has 0 aromatic heterocycles. The van der Waals surface area contributed by atoms with E-state index in [0.717, 1.165) is 6.42 Å². The van der Waals surface area contributed by atoms with Gasteiger partial charge in [-0.15, -0.1) is 0 Å². The van der Waals surface area contributed by atoms with Gasteiger partial charge in [0.2, 0.25) is 5.91 Å². The third-order valence-electron chi connectivity index (χ3n) is 4.15. The van der Waals surface area contributed by atoms with Crippen molar-refractivity contribution in [1.29, 1.82) is 0 Å². The summed E-state index contributed by atoms with van der Waals surface area (Å²) in [6.45, 7) is 5.26. The molecular formula is C19H27FN2O3. The first-order valence-corrected chi connectivity index (χ1v) is 8.82. The third-order valence-corrected chi connectivity index (χ3v) is 4.15. The van der Waals surface area contributed by atoms with Crippen LogP contribution in [-0.4, -0.2) is 17.6 Å². The van der Waals surface area contributed by atoms with Gasteiger partial charge >= 0.3 is 6.09 Å². The summed E-state index contributed by atoms with van der Waals surface area (Å²) in [7, 11) is 0. The van der Waals surface area contributed by atoms with Crippen LogP contribution in [0, 0.1) is 11.7 Å². The van der Waals surface area contributed by atoms with Crippen LogP contribution in [0.4, 0.5) is 20.6 Å². The Morgan fingerprint density at radius 2 is 1.84 bits per heavy atom. The molecule has 25 heavy (non-hydrogen) atoms. The molecule has 0 unspecified atom stereocenters. The maximum Gasteiger partial charge on any atom is 0.412 e. The van der Waals surface area contributed by atoms with Crippen LogP contribution < -0.4 is 10.6 Å². The molecule has 1 saturated carbocycles. The molecule has 2 N–H and O–H groups in total. The van der Waals surface area contributed by atoms with Crippen molar-refractivity contribution in [2.45, 2.75) is 64.9 Å². The SMILES string of the molecule is CC(C)(C)OC(=O)Nc1ccc(F)cc1NC(=O)CCC1CCCC1. The monoisotopic (exact) mass is 350 g/mol. The van der Waals surface area contributed by atoms with Crippen molar-refractivity contribution >= 4 is 23.4 Å². The Labute approximate surface area is 148 Å². The first-order chi connectivity index (χ1) is 11.7. The molecule has 2 rings (SSSR count). The van der Waals surface area contributed by atoms with Gasteiger partial charge in [-0.05, 0) is 51.3 Å². The van der Waals surface area contributed by atoms with E-state index in [4.69, 9.17) is 4.74 Å². The van der Waals surface area contributed by atoms with E-state index in [1.165, 1.54) is 43.9 Å². The van der Waals surface area contributed by atoms with Gasteiger partial charge in [-0.25, -0.2) is 9.18 Å². The Morgan fingerprint density at radius 1 is 1.16 bits per heavy atom. The Kier molecular flexibility index (Phi) is 6.39. The number of carbonyl (C=O) groups is 2. The minimum absolute atomic E-state index is 0.176. The van der Waals surface area contributed by atoms with Crippen LogP contribution in [0.15, 0.2) is 18.2 Å². The quantitative estimate of drug-likeness (QED) is 0.778. The molecule has 1 aromatic rings. The topological polar surface area (TPSA) is 67.4 Å². The molecule has 5 nitrogen and oxygen atoms in total. The maximum absolute atomic E-state index is 13.5. The fraction of sp³-hybridized carbons (Fsp3) is 0.579. The number of carbonyl (C=O) groups excluding carboxylic acids is 2. The van der Waals surface area contributed by atoms with E-state index in [-0.39, 0.29) is 11.6 Å². The fourth-order valence-corrected chi connectivity index (χ4v) is 2.99. The van der Waals surface area contributed by atoms with Gasteiger partial charge < -0.3 is 10.1 Å². The smallest absolute Gasteiger partial charge is 0.412 e. The van der Waals surface area contributed by atoms with Gasteiger partial charge in [-0.2, -0.15) is 0 Å². The van der Waals surface area contributed by atoms with Crippen LogP contribution in [0.25, 0.3) is 0 Å². The van der Waals surface area contributed by atoms with Crippen LogP contribution in [-0.2, 0) is 9.53 Å². The molecule has 0 saturated heterocycles. The van der Waals surface area contributed by atoms with Crippen molar-refractivity contribution in [3.05, 3.63) is 24.0 Å². The number of hydrogen-bond acceptors (Lipinski definition) is 3. The average molecular weight is 350 g/mol. The highest BCUT2D eigenvalue weighted by Crippen LogP contribution is 2.29. The second-order valence-corrected chi connectivity index (χ2v) is 7.55. The minimum atomic E-state index is -0.652. The molecule has 0 aliphatic heterocycles. The zero-order chi connectivity index (χ0) is 18.4.